The molecule has 0 N–H and O–H groups in total. The van der Waals surface area contributed by atoms with Gasteiger partial charge in [-0.1, -0.05) is 36.4 Å². The lowest BCUT2D eigenvalue weighted by Crippen LogP contribution is -2.43. The summed E-state index contributed by atoms with van der Waals surface area (Å²) in [6, 6.07) is 8.81. The molecule has 1 aliphatic heterocycles. The standard InChI is InChI=1S/C14H18BNO/c1-17-15-16-10-8-14(9-11-16)7-6-12-4-2-3-5-13(12)14/h2-7,15H,8-11H2,1H3. The van der Waals surface area contributed by atoms with Gasteiger partial charge in [0.15, 0.2) is 0 Å². The highest BCUT2D eigenvalue weighted by Crippen LogP contribution is 2.43. The largest absolute Gasteiger partial charge is 0.427 e. The van der Waals surface area contributed by atoms with Crippen molar-refractivity contribution in [2.24, 2.45) is 0 Å². The number of hydrogen-bond acceptors (Lipinski definition) is 2. The summed E-state index contributed by atoms with van der Waals surface area (Å²) in [7, 11) is 2.54. The number of allylic oxidation sites excluding steroid dienone is 1. The van der Waals surface area contributed by atoms with E-state index in [0.29, 0.717) is 5.41 Å². The third-order valence-corrected chi connectivity index (χ3v) is 4.14. The van der Waals surface area contributed by atoms with Crippen molar-refractivity contribution in [3.63, 3.8) is 0 Å². The maximum atomic E-state index is 5.21. The minimum atomic E-state index is 0.306. The van der Waals surface area contributed by atoms with Crippen LogP contribution in [0.25, 0.3) is 6.08 Å². The van der Waals surface area contributed by atoms with Gasteiger partial charge in [-0.25, -0.2) is 0 Å². The third kappa shape index (κ3) is 1.83. The second-order valence-corrected chi connectivity index (χ2v) is 5.11. The Hall–Kier alpha value is -1.06. The van der Waals surface area contributed by atoms with Crippen LogP contribution in [0.2, 0.25) is 0 Å². The summed E-state index contributed by atoms with van der Waals surface area (Å²) in [6.07, 6.45) is 7.14. The maximum Gasteiger partial charge on any atom is 0.363 e. The molecule has 0 unspecified atom stereocenters. The average Bonchev–Trinajstić information content (AvgIpc) is 2.73. The van der Waals surface area contributed by atoms with E-state index in [0.717, 1.165) is 20.7 Å². The Balaban J connectivity index is 1.80. The van der Waals surface area contributed by atoms with Crippen molar-refractivity contribution in [3.05, 3.63) is 41.5 Å². The minimum Gasteiger partial charge on any atom is -0.427 e. The summed E-state index contributed by atoms with van der Waals surface area (Å²) in [4.78, 5) is 2.39. The molecule has 0 saturated carbocycles. The molecule has 0 atom stereocenters. The number of piperidine rings is 1. The van der Waals surface area contributed by atoms with E-state index < -0.39 is 0 Å². The topological polar surface area (TPSA) is 12.5 Å². The molecule has 1 aromatic rings. The summed E-state index contributed by atoms with van der Waals surface area (Å²) in [5.41, 5.74) is 3.24. The molecule has 17 heavy (non-hydrogen) atoms. The van der Waals surface area contributed by atoms with Gasteiger partial charge in [0.2, 0.25) is 0 Å². The molecule has 1 aromatic carbocycles. The van der Waals surface area contributed by atoms with E-state index in [4.69, 9.17) is 4.65 Å². The summed E-state index contributed by atoms with van der Waals surface area (Å²) in [5, 5.41) is 0. The van der Waals surface area contributed by atoms with Crippen molar-refractivity contribution >= 4 is 13.7 Å². The smallest absolute Gasteiger partial charge is 0.363 e. The third-order valence-electron chi connectivity index (χ3n) is 4.14. The molecule has 1 saturated heterocycles. The zero-order valence-corrected chi connectivity index (χ0v) is 10.4. The first-order valence-electron chi connectivity index (χ1n) is 6.34. The quantitative estimate of drug-likeness (QED) is 0.716. The van der Waals surface area contributed by atoms with Crippen LogP contribution in [0.1, 0.15) is 24.0 Å². The predicted octanol–water partition coefficient (Wildman–Crippen LogP) is 1.96. The van der Waals surface area contributed by atoms with Gasteiger partial charge < -0.3 is 9.47 Å². The average molecular weight is 227 g/mol. The molecular formula is C14H18BNO. The maximum absolute atomic E-state index is 5.21. The summed E-state index contributed by atoms with van der Waals surface area (Å²) < 4.78 is 5.21. The van der Waals surface area contributed by atoms with E-state index in [2.05, 4.69) is 41.2 Å². The van der Waals surface area contributed by atoms with Gasteiger partial charge in [-0.05, 0) is 37.1 Å². The molecule has 2 nitrogen and oxygen atoms in total. The second kappa shape index (κ2) is 4.32. The van der Waals surface area contributed by atoms with Gasteiger partial charge in [-0.2, -0.15) is 0 Å². The highest BCUT2D eigenvalue weighted by atomic mass is 16.4. The SMILES string of the molecule is COBN1CCC2(C=Cc3ccccc32)CC1. The second-order valence-electron chi connectivity index (χ2n) is 5.11. The number of nitrogens with zero attached hydrogens (tertiary/aromatic N) is 1. The fourth-order valence-corrected chi connectivity index (χ4v) is 3.13. The highest BCUT2D eigenvalue weighted by molar-refractivity contribution is 6.23. The number of hydrogen-bond donors (Lipinski definition) is 0. The molecule has 0 aromatic heterocycles. The van der Waals surface area contributed by atoms with Crippen LogP contribution in [0.5, 0.6) is 0 Å². The van der Waals surface area contributed by atoms with Crippen molar-refractivity contribution in [2.45, 2.75) is 18.3 Å². The lowest BCUT2D eigenvalue weighted by Gasteiger charge is -2.38. The molecule has 2 aliphatic rings. The zero-order valence-electron chi connectivity index (χ0n) is 10.4. The Bertz CT molecular complexity index is 436. The van der Waals surface area contributed by atoms with Gasteiger partial charge in [-0.15, -0.1) is 0 Å². The first kappa shape index (κ1) is 11.1. The highest BCUT2D eigenvalue weighted by Gasteiger charge is 2.37. The van der Waals surface area contributed by atoms with Crippen LogP contribution >= 0.6 is 0 Å². The molecular weight excluding hydrogens is 209 g/mol. The van der Waals surface area contributed by atoms with Gasteiger partial charge in [0.05, 0.1) is 0 Å². The Morgan fingerprint density at radius 1 is 1.24 bits per heavy atom. The van der Waals surface area contributed by atoms with Crippen molar-refractivity contribution in [1.29, 1.82) is 0 Å². The molecule has 88 valence electrons. The van der Waals surface area contributed by atoms with Gasteiger partial charge in [0.25, 0.3) is 0 Å². The molecule has 0 bridgehead atoms. The first-order valence-corrected chi connectivity index (χ1v) is 6.34. The molecule has 1 spiro atoms. The van der Waals surface area contributed by atoms with Crippen LogP contribution in [0, 0.1) is 0 Å². The lowest BCUT2D eigenvalue weighted by atomic mass is 9.74. The van der Waals surface area contributed by atoms with Crippen LogP contribution < -0.4 is 0 Å². The van der Waals surface area contributed by atoms with Gasteiger partial charge in [0.1, 0.15) is 0 Å². The van der Waals surface area contributed by atoms with Crippen LogP contribution in [0.4, 0.5) is 0 Å². The fourth-order valence-electron chi connectivity index (χ4n) is 3.13. The van der Waals surface area contributed by atoms with Crippen molar-refractivity contribution in [1.82, 2.24) is 4.81 Å². The normalized spacial score (nSPS) is 21.7. The number of benzene rings is 1. The van der Waals surface area contributed by atoms with Crippen LogP contribution in [-0.4, -0.2) is 32.6 Å². The molecule has 1 fully saturated rings. The van der Waals surface area contributed by atoms with Gasteiger partial charge in [0, 0.05) is 12.5 Å². The molecule has 1 heterocycles. The molecule has 0 radical (unpaired) electrons. The van der Waals surface area contributed by atoms with Crippen molar-refractivity contribution in [3.8, 4) is 0 Å². The lowest BCUT2D eigenvalue weighted by molar-refractivity contribution is 0.247. The van der Waals surface area contributed by atoms with E-state index in [1.54, 1.807) is 7.11 Å². The molecule has 0 amide bonds. The number of rotatable bonds is 2. The summed E-state index contributed by atoms with van der Waals surface area (Å²) in [6.45, 7) is 2.26. The van der Waals surface area contributed by atoms with Crippen LogP contribution in [0.15, 0.2) is 30.3 Å². The fraction of sp³-hybridized carbons (Fsp3) is 0.429. The molecule has 1 aliphatic carbocycles. The van der Waals surface area contributed by atoms with E-state index in [1.807, 2.05) is 0 Å². The Morgan fingerprint density at radius 2 is 2.00 bits per heavy atom. The summed E-state index contributed by atoms with van der Waals surface area (Å²) >= 11 is 0. The van der Waals surface area contributed by atoms with Gasteiger partial charge >= 0.3 is 7.62 Å². The predicted molar refractivity (Wildman–Crippen MR) is 72.1 cm³/mol. The van der Waals surface area contributed by atoms with E-state index in [-0.39, 0.29) is 0 Å². The monoisotopic (exact) mass is 227 g/mol. The Labute approximate surface area is 104 Å². The van der Waals surface area contributed by atoms with E-state index in [1.165, 1.54) is 24.0 Å². The van der Waals surface area contributed by atoms with Crippen molar-refractivity contribution in [2.75, 3.05) is 20.2 Å². The number of fused-ring (bicyclic) bond motifs is 2. The molecule has 3 heteroatoms. The van der Waals surface area contributed by atoms with Crippen LogP contribution in [0.3, 0.4) is 0 Å². The molecule has 3 rings (SSSR count). The van der Waals surface area contributed by atoms with Crippen molar-refractivity contribution < 1.29 is 4.65 Å². The van der Waals surface area contributed by atoms with E-state index >= 15 is 0 Å². The Kier molecular flexibility index (Phi) is 2.81. The minimum absolute atomic E-state index is 0.306. The first-order chi connectivity index (χ1) is 8.34. The van der Waals surface area contributed by atoms with Crippen LogP contribution in [-0.2, 0) is 10.1 Å². The Morgan fingerprint density at radius 3 is 2.76 bits per heavy atom. The van der Waals surface area contributed by atoms with Gasteiger partial charge in [-0.3, -0.25) is 0 Å². The summed E-state index contributed by atoms with van der Waals surface area (Å²) in [5.74, 6) is 0. The van der Waals surface area contributed by atoms with E-state index in [9.17, 15) is 0 Å². The zero-order chi connectivity index (χ0) is 11.7.